The number of anilines is 2. The summed E-state index contributed by atoms with van der Waals surface area (Å²) in [5.74, 6) is 1.27. The van der Waals surface area contributed by atoms with E-state index in [4.69, 9.17) is 10.1 Å². The Morgan fingerprint density at radius 3 is 2.38 bits per heavy atom. The average Bonchev–Trinajstić information content (AvgIpc) is 3.32. The van der Waals surface area contributed by atoms with E-state index in [-0.39, 0.29) is 5.91 Å². The Balaban J connectivity index is 1.50. The quantitative estimate of drug-likeness (QED) is 0.242. The maximum atomic E-state index is 13.8. The number of aryl methyl sites for hydroxylation is 5. The molecular weight excluding hydrogens is 502 g/mol. The summed E-state index contributed by atoms with van der Waals surface area (Å²) < 4.78 is 1.86. The Hall–Kier alpha value is -3.84. The molecule has 0 spiro atoms. The molecule has 3 aromatic carbocycles. The molecule has 0 saturated heterocycles. The van der Waals surface area contributed by atoms with Crippen LogP contribution in [0.25, 0.3) is 0 Å². The van der Waals surface area contributed by atoms with Crippen LogP contribution < -0.4 is 10.6 Å². The number of aromatic nitrogens is 3. The highest BCUT2D eigenvalue weighted by Crippen LogP contribution is 2.37. The lowest BCUT2D eigenvalue weighted by Crippen LogP contribution is -2.31. The van der Waals surface area contributed by atoms with E-state index in [9.17, 15) is 4.79 Å². The predicted molar refractivity (Wildman–Crippen MR) is 160 cm³/mol. The van der Waals surface area contributed by atoms with Crippen LogP contribution in [0.1, 0.15) is 58.8 Å². The molecule has 2 N–H and O–H groups in total. The van der Waals surface area contributed by atoms with Crippen LogP contribution in [-0.4, -0.2) is 20.7 Å². The first kappa shape index (κ1) is 26.8. The van der Waals surface area contributed by atoms with Crippen molar-refractivity contribution in [3.63, 3.8) is 0 Å². The van der Waals surface area contributed by atoms with Gasteiger partial charge in [-0.05, 0) is 74.9 Å². The fourth-order valence-electron chi connectivity index (χ4n) is 4.97. The third kappa shape index (κ3) is 5.64. The van der Waals surface area contributed by atoms with Gasteiger partial charge in [-0.25, -0.2) is 4.68 Å². The molecule has 1 amide bonds. The number of carbonyl (C=O) groups excluding carboxylic acids is 1. The van der Waals surface area contributed by atoms with Crippen LogP contribution >= 0.6 is 11.8 Å². The number of carbonyl (C=O) groups is 1. The lowest BCUT2D eigenvalue weighted by molar-refractivity contribution is -0.113. The summed E-state index contributed by atoms with van der Waals surface area (Å²) in [6, 6.07) is 20.6. The standard InChI is InChI=1S/C32H35N5OS/c1-7-24-11-13-25(14-12-24)29-28(30(38)34-27-15-9-19(2)16-22(27)5)23(6)33-31-35-32(36-37(29)31)39-18-26-17-20(3)8-10-21(26)4/h8-17,29H,7,18H2,1-6H3,(H,34,38)(H,33,35,36)/t29-/m0/s1. The lowest BCUT2D eigenvalue weighted by Gasteiger charge is -2.29. The van der Waals surface area contributed by atoms with Gasteiger partial charge >= 0.3 is 0 Å². The molecule has 0 saturated carbocycles. The van der Waals surface area contributed by atoms with E-state index in [1.165, 1.54) is 22.3 Å². The van der Waals surface area contributed by atoms with Gasteiger partial charge in [-0.3, -0.25) is 4.79 Å². The van der Waals surface area contributed by atoms with Gasteiger partial charge in [0.2, 0.25) is 11.1 Å². The Labute approximate surface area is 234 Å². The summed E-state index contributed by atoms with van der Waals surface area (Å²) in [6.45, 7) is 12.4. The number of fused-ring (bicyclic) bond motifs is 1. The van der Waals surface area contributed by atoms with Crippen molar-refractivity contribution in [2.75, 3.05) is 10.6 Å². The summed E-state index contributed by atoms with van der Waals surface area (Å²) in [6.07, 6.45) is 0.954. The molecule has 2 heterocycles. The summed E-state index contributed by atoms with van der Waals surface area (Å²) in [4.78, 5) is 18.7. The van der Waals surface area contributed by atoms with Crippen molar-refractivity contribution in [2.45, 2.75) is 64.9 Å². The first-order chi connectivity index (χ1) is 18.7. The monoisotopic (exact) mass is 537 g/mol. The fourth-order valence-corrected chi connectivity index (χ4v) is 5.86. The third-order valence-electron chi connectivity index (χ3n) is 7.27. The van der Waals surface area contributed by atoms with Crippen LogP contribution in [0.15, 0.2) is 77.1 Å². The van der Waals surface area contributed by atoms with Gasteiger partial charge in [-0.15, -0.1) is 5.10 Å². The molecule has 4 aromatic rings. The molecule has 39 heavy (non-hydrogen) atoms. The van der Waals surface area contributed by atoms with Gasteiger partial charge in [0.15, 0.2) is 0 Å². The minimum absolute atomic E-state index is 0.151. The Morgan fingerprint density at radius 2 is 1.67 bits per heavy atom. The lowest BCUT2D eigenvalue weighted by atomic mass is 9.94. The average molecular weight is 538 g/mol. The molecule has 7 heteroatoms. The van der Waals surface area contributed by atoms with E-state index in [0.29, 0.717) is 16.7 Å². The van der Waals surface area contributed by atoms with Crippen LogP contribution in [0.2, 0.25) is 0 Å². The number of hydrogen-bond acceptors (Lipinski definition) is 5. The predicted octanol–water partition coefficient (Wildman–Crippen LogP) is 7.29. The zero-order chi connectivity index (χ0) is 27.7. The maximum absolute atomic E-state index is 13.8. The molecule has 1 aliphatic rings. The van der Waals surface area contributed by atoms with E-state index in [0.717, 1.165) is 40.2 Å². The summed E-state index contributed by atoms with van der Waals surface area (Å²) in [7, 11) is 0. The van der Waals surface area contributed by atoms with Crippen molar-refractivity contribution < 1.29 is 4.79 Å². The van der Waals surface area contributed by atoms with Crippen molar-refractivity contribution in [3.8, 4) is 0 Å². The second kappa shape index (κ2) is 11.1. The minimum atomic E-state index is -0.402. The van der Waals surface area contributed by atoms with Gasteiger partial charge in [0, 0.05) is 17.1 Å². The van der Waals surface area contributed by atoms with Gasteiger partial charge in [-0.1, -0.05) is 84.4 Å². The molecule has 6 nitrogen and oxygen atoms in total. The third-order valence-corrected chi connectivity index (χ3v) is 8.16. The van der Waals surface area contributed by atoms with E-state index in [1.807, 2.05) is 30.7 Å². The van der Waals surface area contributed by atoms with Crippen LogP contribution in [0.5, 0.6) is 0 Å². The van der Waals surface area contributed by atoms with Crippen molar-refractivity contribution in [1.82, 2.24) is 14.8 Å². The van der Waals surface area contributed by atoms with Crippen LogP contribution in [-0.2, 0) is 17.0 Å². The zero-order valence-electron chi connectivity index (χ0n) is 23.4. The molecule has 200 valence electrons. The molecule has 1 aliphatic heterocycles. The first-order valence-corrected chi connectivity index (χ1v) is 14.3. The highest BCUT2D eigenvalue weighted by atomic mass is 32.2. The Kier molecular flexibility index (Phi) is 7.62. The van der Waals surface area contributed by atoms with Crippen LogP contribution in [0, 0.1) is 27.7 Å². The highest BCUT2D eigenvalue weighted by molar-refractivity contribution is 7.98. The van der Waals surface area contributed by atoms with Gasteiger partial charge in [0.05, 0.1) is 5.57 Å². The Bertz CT molecular complexity index is 1570. The smallest absolute Gasteiger partial charge is 0.255 e. The number of nitrogens with one attached hydrogen (secondary N) is 2. The van der Waals surface area contributed by atoms with E-state index >= 15 is 0 Å². The maximum Gasteiger partial charge on any atom is 0.255 e. The van der Waals surface area contributed by atoms with Gasteiger partial charge in [0.25, 0.3) is 5.91 Å². The molecule has 5 rings (SSSR count). The fraction of sp³-hybridized carbons (Fsp3) is 0.281. The summed E-state index contributed by atoms with van der Waals surface area (Å²) in [5.41, 5.74) is 10.4. The number of thioether (sulfide) groups is 1. The van der Waals surface area contributed by atoms with E-state index in [1.54, 1.807) is 11.8 Å². The second-order valence-corrected chi connectivity index (χ2v) is 11.3. The SMILES string of the molecule is CCc1ccc([C@H]2C(C(=O)Nc3ccc(C)cc3C)=C(C)Nc3nc(SCc4cc(C)ccc4C)nn32)cc1. The minimum Gasteiger partial charge on any atom is -0.328 e. The number of rotatable bonds is 7. The topological polar surface area (TPSA) is 71.8 Å². The number of hydrogen-bond donors (Lipinski definition) is 2. The molecule has 0 radical (unpaired) electrons. The number of allylic oxidation sites excluding steroid dienone is 1. The second-order valence-electron chi connectivity index (χ2n) is 10.3. The number of benzene rings is 3. The van der Waals surface area contributed by atoms with Gasteiger partial charge in [-0.2, -0.15) is 4.98 Å². The normalized spacial score (nSPS) is 14.7. The first-order valence-electron chi connectivity index (χ1n) is 13.3. The van der Waals surface area contributed by atoms with E-state index in [2.05, 4.69) is 86.9 Å². The highest BCUT2D eigenvalue weighted by Gasteiger charge is 2.34. The van der Waals surface area contributed by atoms with Crippen molar-refractivity contribution in [3.05, 3.63) is 111 Å². The molecule has 0 unspecified atom stereocenters. The number of amides is 1. The number of nitrogens with zero attached hydrogens (tertiary/aromatic N) is 3. The molecule has 1 aromatic heterocycles. The van der Waals surface area contributed by atoms with Crippen LogP contribution in [0.3, 0.4) is 0 Å². The van der Waals surface area contributed by atoms with Crippen molar-refractivity contribution >= 4 is 29.3 Å². The van der Waals surface area contributed by atoms with Gasteiger partial charge in [0.1, 0.15) is 6.04 Å². The molecular formula is C32H35N5OS. The Morgan fingerprint density at radius 1 is 0.949 bits per heavy atom. The molecule has 1 atom stereocenters. The molecule has 0 aliphatic carbocycles. The van der Waals surface area contributed by atoms with Crippen LogP contribution in [0.4, 0.5) is 11.6 Å². The summed E-state index contributed by atoms with van der Waals surface area (Å²) in [5, 5.41) is 12.1. The van der Waals surface area contributed by atoms with Gasteiger partial charge < -0.3 is 10.6 Å². The van der Waals surface area contributed by atoms with Crippen molar-refractivity contribution in [2.24, 2.45) is 0 Å². The molecule has 0 bridgehead atoms. The largest absolute Gasteiger partial charge is 0.328 e. The van der Waals surface area contributed by atoms with Crippen molar-refractivity contribution in [1.29, 1.82) is 0 Å². The van der Waals surface area contributed by atoms with E-state index < -0.39 is 6.04 Å². The molecule has 0 fully saturated rings. The zero-order valence-corrected chi connectivity index (χ0v) is 24.2. The summed E-state index contributed by atoms with van der Waals surface area (Å²) >= 11 is 1.61.